The Morgan fingerprint density at radius 2 is 1.88 bits per heavy atom. The summed E-state index contributed by atoms with van der Waals surface area (Å²) in [6.07, 6.45) is 0. The molecule has 0 aliphatic carbocycles. The van der Waals surface area contributed by atoms with Gasteiger partial charge in [-0.05, 0) is 31.2 Å². The first-order valence-corrected chi connectivity index (χ1v) is 7.39. The number of hydrogen-bond acceptors (Lipinski definition) is 4. The van der Waals surface area contributed by atoms with Gasteiger partial charge < -0.3 is 5.32 Å². The van der Waals surface area contributed by atoms with Crippen molar-refractivity contribution in [2.75, 3.05) is 5.32 Å². The molecule has 0 saturated carbocycles. The molecule has 0 aliphatic heterocycles. The monoisotopic (exact) mass is 338 g/mol. The molecule has 25 heavy (non-hydrogen) atoms. The first-order valence-electron chi connectivity index (χ1n) is 7.39. The molecule has 0 aliphatic rings. The normalized spacial score (nSPS) is 10.4. The molecule has 2 aromatic carbocycles. The van der Waals surface area contributed by atoms with Gasteiger partial charge in [-0.3, -0.25) is 24.8 Å². The molecule has 0 spiro atoms. The lowest BCUT2D eigenvalue weighted by atomic mass is 10.1. The summed E-state index contributed by atoms with van der Waals surface area (Å²) in [5.74, 6) is -0.241. The molecule has 0 bridgehead atoms. The van der Waals surface area contributed by atoms with Crippen molar-refractivity contribution < 1.29 is 9.72 Å². The third kappa shape index (κ3) is 3.32. The van der Waals surface area contributed by atoms with E-state index in [1.807, 2.05) is 6.07 Å². The molecular formula is C17H14N4O4. The number of aromatic nitrogens is 2. The van der Waals surface area contributed by atoms with Crippen molar-refractivity contribution in [1.82, 2.24) is 9.78 Å². The van der Waals surface area contributed by atoms with Gasteiger partial charge in [-0.25, -0.2) is 4.68 Å². The summed E-state index contributed by atoms with van der Waals surface area (Å²) in [5, 5.41) is 16.2. The van der Waals surface area contributed by atoms with Crippen LogP contribution in [0.3, 0.4) is 0 Å². The lowest BCUT2D eigenvalue weighted by Gasteiger charge is -2.05. The van der Waals surface area contributed by atoms with Gasteiger partial charge in [0, 0.05) is 23.3 Å². The number of nitrogens with one attached hydrogen (secondary N) is 2. The van der Waals surface area contributed by atoms with Gasteiger partial charge in [0.2, 0.25) is 0 Å². The topological polar surface area (TPSA) is 110 Å². The number of nitrogens with zero attached hydrogens (tertiary/aromatic N) is 2. The Bertz CT molecular complexity index is 1000. The number of rotatable bonds is 4. The van der Waals surface area contributed by atoms with E-state index in [2.05, 4.69) is 10.4 Å². The second-order valence-corrected chi connectivity index (χ2v) is 5.39. The van der Waals surface area contributed by atoms with Crippen LogP contribution in [0.15, 0.2) is 59.4 Å². The Balaban J connectivity index is 1.84. The van der Waals surface area contributed by atoms with E-state index < -0.39 is 10.8 Å². The minimum Gasteiger partial charge on any atom is -0.307 e. The van der Waals surface area contributed by atoms with Crippen LogP contribution in [-0.4, -0.2) is 20.6 Å². The summed E-state index contributed by atoms with van der Waals surface area (Å²) in [6, 6.07) is 14.3. The zero-order valence-electron chi connectivity index (χ0n) is 13.2. The van der Waals surface area contributed by atoms with Crippen LogP contribution >= 0.6 is 0 Å². The van der Waals surface area contributed by atoms with E-state index >= 15 is 0 Å². The number of aryl methyl sites for hydroxylation is 1. The second kappa shape index (κ2) is 6.44. The second-order valence-electron chi connectivity index (χ2n) is 5.39. The number of carbonyl (C=O) groups is 1. The molecule has 3 aromatic rings. The number of nitro groups is 1. The molecular weight excluding hydrogens is 324 g/mol. The average molecular weight is 338 g/mol. The van der Waals surface area contributed by atoms with E-state index in [-0.39, 0.29) is 22.6 Å². The number of amides is 1. The van der Waals surface area contributed by atoms with Crippen LogP contribution in [0.25, 0.3) is 5.69 Å². The summed E-state index contributed by atoms with van der Waals surface area (Å²) < 4.78 is 1.30. The van der Waals surface area contributed by atoms with Crippen molar-refractivity contribution in [2.45, 2.75) is 6.92 Å². The van der Waals surface area contributed by atoms with Crippen LogP contribution in [0.4, 0.5) is 11.5 Å². The van der Waals surface area contributed by atoms with Crippen molar-refractivity contribution in [3.63, 3.8) is 0 Å². The minimum atomic E-state index is -0.505. The fraction of sp³-hybridized carbons (Fsp3) is 0.0588. The van der Waals surface area contributed by atoms with Crippen molar-refractivity contribution in [3.05, 3.63) is 86.2 Å². The van der Waals surface area contributed by atoms with Crippen LogP contribution in [0.5, 0.6) is 0 Å². The summed E-state index contributed by atoms with van der Waals surface area (Å²) in [5.41, 5.74) is 0.908. The highest BCUT2D eigenvalue weighted by molar-refractivity contribution is 6.04. The van der Waals surface area contributed by atoms with Gasteiger partial charge in [0.25, 0.3) is 17.2 Å². The summed E-state index contributed by atoms with van der Waals surface area (Å²) in [4.78, 5) is 34.7. The first kappa shape index (κ1) is 16.2. The van der Waals surface area contributed by atoms with E-state index in [1.54, 1.807) is 31.2 Å². The summed E-state index contributed by atoms with van der Waals surface area (Å²) >= 11 is 0. The Labute approximate surface area is 141 Å². The first-order chi connectivity index (χ1) is 12.0. The quantitative estimate of drug-likeness (QED) is 0.563. The van der Waals surface area contributed by atoms with Crippen LogP contribution in [0, 0.1) is 17.0 Å². The molecule has 8 nitrogen and oxygen atoms in total. The molecule has 0 saturated heterocycles. The molecule has 0 radical (unpaired) electrons. The predicted octanol–water partition coefficient (Wildman–Crippen LogP) is 2.63. The van der Waals surface area contributed by atoms with Crippen molar-refractivity contribution >= 4 is 17.4 Å². The lowest BCUT2D eigenvalue weighted by molar-refractivity contribution is -0.385. The molecule has 0 fully saturated rings. The number of aromatic amines is 1. The molecule has 8 heteroatoms. The number of anilines is 1. The Hall–Kier alpha value is -3.68. The Morgan fingerprint density at radius 3 is 2.52 bits per heavy atom. The number of H-pyrrole nitrogens is 1. The highest BCUT2D eigenvalue weighted by Crippen LogP contribution is 2.19. The Morgan fingerprint density at radius 1 is 1.16 bits per heavy atom. The summed E-state index contributed by atoms with van der Waals surface area (Å²) in [7, 11) is 0. The van der Waals surface area contributed by atoms with Crippen LogP contribution in [0.1, 0.15) is 15.9 Å². The molecule has 126 valence electrons. The Kier molecular flexibility index (Phi) is 4.17. The molecule has 0 atom stereocenters. The average Bonchev–Trinajstić information content (AvgIpc) is 2.95. The van der Waals surface area contributed by atoms with Gasteiger partial charge in [-0.15, -0.1) is 0 Å². The van der Waals surface area contributed by atoms with E-state index in [1.165, 1.54) is 28.9 Å². The van der Waals surface area contributed by atoms with E-state index in [9.17, 15) is 19.7 Å². The van der Waals surface area contributed by atoms with E-state index in [0.717, 1.165) is 0 Å². The van der Waals surface area contributed by atoms with Crippen molar-refractivity contribution in [2.24, 2.45) is 0 Å². The maximum Gasteiger partial charge on any atom is 0.273 e. The fourth-order valence-electron chi connectivity index (χ4n) is 2.42. The number of para-hydroxylation sites is 1. The van der Waals surface area contributed by atoms with Gasteiger partial charge in [0.15, 0.2) is 0 Å². The SMILES string of the molecule is Cc1cc(C(=O)Nc2cc(=O)n(-c3ccccc3)[nH]2)ccc1[N+](=O)[O-]. The van der Waals surface area contributed by atoms with Crippen LogP contribution in [-0.2, 0) is 0 Å². The highest BCUT2D eigenvalue weighted by Gasteiger charge is 2.15. The minimum absolute atomic E-state index is 0.0554. The smallest absolute Gasteiger partial charge is 0.273 e. The van der Waals surface area contributed by atoms with E-state index in [4.69, 9.17) is 0 Å². The molecule has 2 N–H and O–H groups in total. The number of benzene rings is 2. The van der Waals surface area contributed by atoms with Crippen LogP contribution < -0.4 is 10.9 Å². The number of nitro benzene ring substituents is 1. The standard InChI is InChI=1S/C17H14N4O4/c1-11-9-12(7-8-14(11)21(24)25)17(23)18-15-10-16(22)20(19-15)13-5-3-2-4-6-13/h2-10,19H,1H3,(H,18,23). The number of carbonyl (C=O) groups excluding carboxylic acids is 1. The zero-order chi connectivity index (χ0) is 18.0. The van der Waals surface area contributed by atoms with E-state index in [0.29, 0.717) is 11.3 Å². The maximum atomic E-state index is 12.3. The highest BCUT2D eigenvalue weighted by atomic mass is 16.6. The van der Waals surface area contributed by atoms with Gasteiger partial charge in [0.05, 0.1) is 10.6 Å². The predicted molar refractivity (Wildman–Crippen MR) is 92.2 cm³/mol. The largest absolute Gasteiger partial charge is 0.307 e. The third-order valence-corrected chi connectivity index (χ3v) is 3.64. The third-order valence-electron chi connectivity index (χ3n) is 3.64. The van der Waals surface area contributed by atoms with Gasteiger partial charge in [-0.2, -0.15) is 0 Å². The molecule has 1 heterocycles. The molecule has 1 aromatic heterocycles. The van der Waals surface area contributed by atoms with Crippen LogP contribution in [0.2, 0.25) is 0 Å². The summed E-state index contributed by atoms with van der Waals surface area (Å²) in [6.45, 7) is 1.56. The van der Waals surface area contributed by atoms with Crippen molar-refractivity contribution in [1.29, 1.82) is 0 Å². The molecule has 0 unspecified atom stereocenters. The molecule has 1 amide bonds. The van der Waals surface area contributed by atoms with Gasteiger partial charge >= 0.3 is 0 Å². The van der Waals surface area contributed by atoms with Gasteiger partial charge in [0.1, 0.15) is 5.82 Å². The molecule has 3 rings (SSSR count). The maximum absolute atomic E-state index is 12.3. The zero-order valence-corrected chi connectivity index (χ0v) is 13.2. The van der Waals surface area contributed by atoms with Crippen molar-refractivity contribution in [3.8, 4) is 5.69 Å². The fourth-order valence-corrected chi connectivity index (χ4v) is 2.42. The van der Waals surface area contributed by atoms with Gasteiger partial charge in [-0.1, -0.05) is 18.2 Å². The lowest BCUT2D eigenvalue weighted by Crippen LogP contribution is -2.14. The number of hydrogen-bond donors (Lipinski definition) is 2.